The Hall–Kier alpha value is -3.30. The number of nitrogens with zero attached hydrogens (tertiary/aromatic N) is 4. The molecule has 0 spiro atoms. The predicted octanol–water partition coefficient (Wildman–Crippen LogP) is 5.90. The van der Waals surface area contributed by atoms with Gasteiger partial charge in [0.05, 0.1) is 12.6 Å². The van der Waals surface area contributed by atoms with E-state index in [0.717, 1.165) is 37.3 Å². The van der Waals surface area contributed by atoms with E-state index in [-0.39, 0.29) is 18.0 Å². The van der Waals surface area contributed by atoms with E-state index in [1.807, 2.05) is 0 Å². The van der Waals surface area contributed by atoms with Crippen molar-refractivity contribution in [3.05, 3.63) is 69.4 Å². The number of fused-ring (bicyclic) bond motifs is 2. The third-order valence-electron chi connectivity index (χ3n) is 7.84. The van der Waals surface area contributed by atoms with Crippen LogP contribution in [0, 0.1) is 11.6 Å². The molecule has 1 saturated carbocycles. The number of carboxylic acids is 1. The standard InChI is InChI=1S/C28H28ClF2N5O2/c1-28(11-25(37)38)14-36(24-10-23(31)22(30)9-20(24)28)26-21(29)12-32-27(34-26)33-17-7-16-13-35(2)6-5-18(16)19(8-17)15-3-4-15/h7-10,12,15H,3-6,11,13-14H2,1-2H3,(H,37,38)(H,32,33,34). The molecule has 38 heavy (non-hydrogen) atoms. The number of hydrogen-bond donors (Lipinski definition) is 2. The summed E-state index contributed by atoms with van der Waals surface area (Å²) in [5, 5.41) is 13.1. The molecule has 1 unspecified atom stereocenters. The summed E-state index contributed by atoms with van der Waals surface area (Å²) in [6.45, 7) is 3.79. The van der Waals surface area contributed by atoms with Gasteiger partial charge in [-0.15, -0.1) is 0 Å². The van der Waals surface area contributed by atoms with Crippen LogP contribution < -0.4 is 10.2 Å². The Bertz CT molecular complexity index is 1460. The molecule has 6 rings (SSSR count). The van der Waals surface area contributed by atoms with E-state index >= 15 is 0 Å². The number of aromatic nitrogens is 2. The smallest absolute Gasteiger partial charge is 0.304 e. The number of hydrogen-bond acceptors (Lipinski definition) is 6. The summed E-state index contributed by atoms with van der Waals surface area (Å²) in [6, 6.07) is 6.48. The fourth-order valence-corrected chi connectivity index (χ4v) is 6.07. The fraction of sp³-hybridized carbons (Fsp3) is 0.393. The van der Waals surface area contributed by atoms with Gasteiger partial charge in [-0.1, -0.05) is 18.5 Å². The lowest BCUT2D eigenvalue weighted by molar-refractivity contribution is -0.138. The Kier molecular flexibility index (Phi) is 6.03. The van der Waals surface area contributed by atoms with Gasteiger partial charge in [0.1, 0.15) is 5.02 Å². The molecule has 0 saturated heterocycles. The number of carbonyl (C=O) groups is 1. The largest absolute Gasteiger partial charge is 0.481 e. The van der Waals surface area contributed by atoms with Crippen molar-refractivity contribution in [1.29, 1.82) is 0 Å². The van der Waals surface area contributed by atoms with E-state index in [9.17, 15) is 18.7 Å². The minimum atomic E-state index is -1.04. The van der Waals surface area contributed by atoms with Gasteiger partial charge in [-0.3, -0.25) is 4.79 Å². The third kappa shape index (κ3) is 4.47. The minimum Gasteiger partial charge on any atom is -0.481 e. The molecule has 7 nitrogen and oxygen atoms in total. The van der Waals surface area contributed by atoms with Crippen LogP contribution in [0.5, 0.6) is 0 Å². The van der Waals surface area contributed by atoms with E-state index in [1.54, 1.807) is 11.8 Å². The second-order valence-electron chi connectivity index (χ2n) is 11.0. The lowest BCUT2D eigenvalue weighted by atomic mass is 9.81. The summed E-state index contributed by atoms with van der Waals surface area (Å²) in [7, 11) is 2.12. The van der Waals surface area contributed by atoms with Crippen molar-refractivity contribution in [2.75, 3.05) is 30.4 Å². The summed E-state index contributed by atoms with van der Waals surface area (Å²) in [4.78, 5) is 24.6. The van der Waals surface area contributed by atoms with Gasteiger partial charge in [0.15, 0.2) is 17.5 Å². The summed E-state index contributed by atoms with van der Waals surface area (Å²) in [5.74, 6) is -1.88. The van der Waals surface area contributed by atoms with Crippen molar-refractivity contribution in [2.45, 2.75) is 50.5 Å². The van der Waals surface area contributed by atoms with Gasteiger partial charge in [-0.05, 0) is 72.7 Å². The highest BCUT2D eigenvalue weighted by atomic mass is 35.5. The molecule has 1 aromatic heterocycles. The molecule has 2 N–H and O–H groups in total. The normalized spacial score (nSPS) is 20.8. The van der Waals surface area contributed by atoms with Gasteiger partial charge in [0, 0.05) is 42.5 Å². The molecule has 2 aromatic carbocycles. The maximum atomic E-state index is 14.3. The topological polar surface area (TPSA) is 81.6 Å². The maximum Gasteiger partial charge on any atom is 0.304 e. The van der Waals surface area contributed by atoms with Crippen LogP contribution in [0.1, 0.15) is 54.4 Å². The zero-order valence-electron chi connectivity index (χ0n) is 21.2. The molecule has 3 heterocycles. The fourth-order valence-electron chi connectivity index (χ4n) is 5.88. The molecule has 3 aliphatic rings. The van der Waals surface area contributed by atoms with Gasteiger partial charge in [-0.2, -0.15) is 4.98 Å². The van der Waals surface area contributed by atoms with Crippen LogP contribution in [0.3, 0.4) is 0 Å². The molecule has 1 fully saturated rings. The number of aliphatic carboxylic acids is 1. The number of nitrogens with one attached hydrogen (secondary N) is 1. The van der Waals surface area contributed by atoms with Crippen LogP contribution >= 0.6 is 11.6 Å². The lowest BCUT2D eigenvalue weighted by Gasteiger charge is -2.28. The van der Waals surface area contributed by atoms with Crippen molar-refractivity contribution in [1.82, 2.24) is 14.9 Å². The number of anilines is 4. The minimum absolute atomic E-state index is 0.144. The summed E-state index contributed by atoms with van der Waals surface area (Å²) in [6.07, 6.45) is 4.65. The van der Waals surface area contributed by atoms with E-state index in [0.29, 0.717) is 28.9 Å². The molecule has 1 aliphatic carbocycles. The van der Waals surface area contributed by atoms with Crippen molar-refractivity contribution in [2.24, 2.45) is 0 Å². The van der Waals surface area contributed by atoms with Gasteiger partial charge in [-0.25, -0.2) is 13.8 Å². The highest BCUT2D eigenvalue weighted by Gasteiger charge is 2.43. The molecule has 1 atom stereocenters. The third-order valence-corrected chi connectivity index (χ3v) is 8.11. The first-order valence-electron chi connectivity index (χ1n) is 12.7. The summed E-state index contributed by atoms with van der Waals surface area (Å²) >= 11 is 6.52. The Balaban J connectivity index is 1.37. The Morgan fingerprint density at radius 2 is 2.00 bits per heavy atom. The first-order valence-corrected chi connectivity index (χ1v) is 13.1. The van der Waals surface area contributed by atoms with Gasteiger partial charge in [0.2, 0.25) is 5.95 Å². The molecule has 3 aromatic rings. The number of benzene rings is 2. The second kappa shape index (κ2) is 9.17. The van der Waals surface area contributed by atoms with Crippen LogP contribution in [0.25, 0.3) is 0 Å². The summed E-state index contributed by atoms with van der Waals surface area (Å²) < 4.78 is 28.5. The van der Waals surface area contributed by atoms with Crippen LogP contribution in [0.2, 0.25) is 5.02 Å². The van der Waals surface area contributed by atoms with Crippen molar-refractivity contribution in [3.63, 3.8) is 0 Å². The number of carboxylic acid groups (broad SMARTS) is 1. The molecule has 10 heteroatoms. The van der Waals surface area contributed by atoms with E-state index in [4.69, 9.17) is 11.6 Å². The molecule has 198 valence electrons. The van der Waals surface area contributed by atoms with Gasteiger partial charge in [0.25, 0.3) is 0 Å². The molecule has 0 radical (unpaired) electrons. The monoisotopic (exact) mass is 539 g/mol. The van der Waals surface area contributed by atoms with Gasteiger partial charge >= 0.3 is 5.97 Å². The average Bonchev–Trinajstić information content (AvgIpc) is 3.66. The lowest BCUT2D eigenvalue weighted by Crippen LogP contribution is -2.31. The SMILES string of the molecule is CN1CCc2c(cc(Nc3ncc(Cl)c(N4CC(C)(CC(=O)O)c5cc(F)c(F)cc54)n3)cc2C2CC2)C1. The van der Waals surface area contributed by atoms with Crippen molar-refractivity contribution in [3.8, 4) is 0 Å². The Labute approximate surface area is 224 Å². The molecular weight excluding hydrogens is 512 g/mol. The molecular formula is C28H28ClF2N5O2. The Morgan fingerprint density at radius 3 is 2.74 bits per heavy atom. The quantitative estimate of drug-likeness (QED) is 0.403. The van der Waals surface area contributed by atoms with Crippen LogP contribution in [0.15, 0.2) is 30.5 Å². The Morgan fingerprint density at radius 1 is 1.24 bits per heavy atom. The molecule has 0 bridgehead atoms. The van der Waals surface area contributed by atoms with E-state index < -0.39 is 23.0 Å². The van der Waals surface area contributed by atoms with Crippen LogP contribution in [-0.2, 0) is 23.2 Å². The van der Waals surface area contributed by atoms with Crippen LogP contribution in [0.4, 0.5) is 31.9 Å². The first-order chi connectivity index (χ1) is 18.1. The van der Waals surface area contributed by atoms with Crippen molar-refractivity contribution < 1.29 is 18.7 Å². The number of likely N-dealkylation sites (N-methyl/N-ethyl adjacent to an activating group) is 1. The van der Waals surface area contributed by atoms with Crippen LogP contribution in [-0.4, -0.2) is 46.1 Å². The number of halogens is 3. The first kappa shape index (κ1) is 25.0. The zero-order valence-corrected chi connectivity index (χ0v) is 21.9. The highest BCUT2D eigenvalue weighted by molar-refractivity contribution is 6.33. The van der Waals surface area contributed by atoms with E-state index in [2.05, 4.69) is 39.4 Å². The van der Waals surface area contributed by atoms with Crippen molar-refractivity contribution >= 4 is 40.7 Å². The average molecular weight is 540 g/mol. The second-order valence-corrected chi connectivity index (χ2v) is 11.4. The molecule has 2 aliphatic heterocycles. The molecule has 0 amide bonds. The highest BCUT2D eigenvalue weighted by Crippen LogP contribution is 2.48. The summed E-state index contributed by atoms with van der Waals surface area (Å²) in [5.41, 5.74) is 4.80. The maximum absolute atomic E-state index is 14.3. The van der Waals surface area contributed by atoms with E-state index in [1.165, 1.54) is 35.7 Å². The van der Waals surface area contributed by atoms with Gasteiger partial charge < -0.3 is 20.2 Å². The number of rotatable bonds is 6. The zero-order chi connectivity index (χ0) is 26.8. The predicted molar refractivity (Wildman–Crippen MR) is 142 cm³/mol.